The van der Waals surface area contributed by atoms with Gasteiger partial charge in [-0.25, -0.2) is 4.79 Å². The minimum absolute atomic E-state index is 0.0200. The van der Waals surface area contributed by atoms with Crippen molar-refractivity contribution in [2.24, 2.45) is 0 Å². The quantitative estimate of drug-likeness (QED) is 0.0228. The Bertz CT molecular complexity index is 1800. The first-order chi connectivity index (χ1) is 37.6. The van der Waals surface area contributed by atoms with Crippen molar-refractivity contribution in [3.63, 3.8) is 0 Å². The number of carboxylic acids is 1. The van der Waals surface area contributed by atoms with Crippen molar-refractivity contribution in [3.8, 4) is 0 Å². The highest BCUT2D eigenvalue weighted by Gasteiger charge is 2.50. The zero-order chi connectivity index (χ0) is 56.1. The third kappa shape index (κ3) is 41.8. The Morgan fingerprint density at radius 1 is 0.442 bits per heavy atom. The van der Waals surface area contributed by atoms with Gasteiger partial charge in [-0.05, 0) is 96.3 Å². The average molecular weight is 1080 g/mol. The largest absolute Gasteiger partial charge is 0.479 e. The number of ether oxygens (including phenoxy) is 5. The summed E-state index contributed by atoms with van der Waals surface area (Å²) in [5.41, 5.74) is 0. The number of carbonyl (C=O) groups is 4. The number of hydrogen-bond acceptors (Lipinski definition) is 11. The predicted octanol–water partition coefficient (Wildman–Crippen LogP) is 15.2. The zero-order valence-corrected chi connectivity index (χ0v) is 47.7. The molecule has 1 aliphatic rings. The topological polar surface area (TPSA) is 175 Å². The smallest absolute Gasteiger partial charge is 0.335 e. The molecule has 434 valence electrons. The van der Waals surface area contributed by atoms with Gasteiger partial charge in [0.1, 0.15) is 18.8 Å². The summed E-state index contributed by atoms with van der Waals surface area (Å²) in [7, 11) is 0. The number of aliphatic hydroxyl groups excluding tert-OH is 2. The maximum Gasteiger partial charge on any atom is 0.335 e. The van der Waals surface area contributed by atoms with Gasteiger partial charge in [-0.15, -0.1) is 0 Å². The van der Waals surface area contributed by atoms with Crippen LogP contribution in [-0.2, 0) is 42.9 Å². The highest BCUT2D eigenvalue weighted by molar-refractivity contribution is 5.74. The van der Waals surface area contributed by atoms with E-state index in [0.717, 1.165) is 109 Å². The number of aliphatic hydroxyl groups is 2. The van der Waals surface area contributed by atoms with Crippen molar-refractivity contribution in [1.29, 1.82) is 0 Å². The van der Waals surface area contributed by atoms with Gasteiger partial charge in [0.2, 0.25) is 0 Å². The van der Waals surface area contributed by atoms with Gasteiger partial charge in [-0.2, -0.15) is 0 Å². The average Bonchev–Trinajstić information content (AvgIpc) is 3.41. The third-order valence-electron chi connectivity index (χ3n) is 12.5. The summed E-state index contributed by atoms with van der Waals surface area (Å²) in [4.78, 5) is 51.1. The fourth-order valence-corrected chi connectivity index (χ4v) is 8.09. The van der Waals surface area contributed by atoms with Crippen LogP contribution >= 0.6 is 0 Å². The minimum atomic E-state index is -1.93. The molecule has 3 N–H and O–H groups in total. The molecule has 0 bridgehead atoms. The normalized spacial score (nSPS) is 18.9. The molecule has 0 aromatic heterocycles. The highest BCUT2D eigenvalue weighted by atomic mass is 16.7. The van der Waals surface area contributed by atoms with Gasteiger partial charge < -0.3 is 39.0 Å². The molecule has 0 amide bonds. The molecule has 1 aliphatic heterocycles. The van der Waals surface area contributed by atoms with Crippen LogP contribution in [0.2, 0.25) is 0 Å². The van der Waals surface area contributed by atoms with Crippen molar-refractivity contribution in [2.75, 3.05) is 13.2 Å². The summed E-state index contributed by atoms with van der Waals surface area (Å²) >= 11 is 0. The first-order valence-corrected chi connectivity index (χ1v) is 29.5. The predicted molar refractivity (Wildman–Crippen MR) is 312 cm³/mol. The van der Waals surface area contributed by atoms with E-state index >= 15 is 0 Å². The lowest BCUT2D eigenvalue weighted by molar-refractivity contribution is -0.301. The van der Waals surface area contributed by atoms with Gasteiger partial charge in [0.15, 0.2) is 24.6 Å². The zero-order valence-electron chi connectivity index (χ0n) is 47.7. The third-order valence-corrected chi connectivity index (χ3v) is 12.5. The molecule has 6 unspecified atom stereocenters. The molecular formula is C65H102O12. The van der Waals surface area contributed by atoms with Crippen molar-refractivity contribution in [2.45, 2.75) is 250 Å². The van der Waals surface area contributed by atoms with Crippen LogP contribution in [0.25, 0.3) is 0 Å². The Morgan fingerprint density at radius 3 is 1.30 bits per heavy atom. The number of carbonyl (C=O) groups excluding carboxylic acids is 3. The Morgan fingerprint density at radius 2 is 0.844 bits per heavy atom. The van der Waals surface area contributed by atoms with Crippen molar-refractivity contribution >= 4 is 23.9 Å². The lowest BCUT2D eigenvalue weighted by Crippen LogP contribution is -2.61. The number of esters is 3. The molecule has 0 aromatic rings. The van der Waals surface area contributed by atoms with Crippen LogP contribution in [0, 0.1) is 0 Å². The Balaban J connectivity index is 2.74. The first kappa shape index (κ1) is 70.1. The Hall–Kier alpha value is -4.88. The second-order valence-corrected chi connectivity index (χ2v) is 19.5. The second-order valence-electron chi connectivity index (χ2n) is 19.5. The van der Waals surface area contributed by atoms with Crippen LogP contribution in [0.15, 0.2) is 122 Å². The molecule has 77 heavy (non-hydrogen) atoms. The fourth-order valence-electron chi connectivity index (χ4n) is 8.09. The van der Waals surface area contributed by atoms with Crippen LogP contribution in [0.5, 0.6) is 0 Å². The molecule has 0 aromatic carbocycles. The number of allylic oxidation sites excluding steroid dienone is 20. The van der Waals surface area contributed by atoms with Crippen molar-refractivity contribution in [3.05, 3.63) is 122 Å². The molecule has 1 heterocycles. The Kier molecular flexibility index (Phi) is 47.2. The fraction of sp³-hybridized carbons (Fsp3) is 0.631. The van der Waals surface area contributed by atoms with Crippen LogP contribution in [0.1, 0.15) is 213 Å². The molecular weight excluding hydrogens is 973 g/mol. The van der Waals surface area contributed by atoms with E-state index in [1.54, 1.807) is 0 Å². The minimum Gasteiger partial charge on any atom is -0.479 e. The van der Waals surface area contributed by atoms with Gasteiger partial charge in [-0.3, -0.25) is 14.4 Å². The SMILES string of the molecule is CC/C=C\C/C=C\C/C=C\C/C=C\C/C=C\C/C=C\CCC(=O)OCC(COC1OC(C(=O)O)C(O)C(O)C1OC(=O)CCCCCC/C=C\C/C=C\C/C=C\C/C=C\CC)OC(=O)CCCCCCCCCCCCC. The van der Waals surface area contributed by atoms with Crippen LogP contribution in [0.4, 0.5) is 0 Å². The van der Waals surface area contributed by atoms with E-state index in [0.29, 0.717) is 19.3 Å². The highest BCUT2D eigenvalue weighted by Crippen LogP contribution is 2.26. The summed E-state index contributed by atoms with van der Waals surface area (Å²) in [5, 5.41) is 31.5. The monoisotopic (exact) mass is 1070 g/mol. The molecule has 0 radical (unpaired) electrons. The summed E-state index contributed by atoms with van der Waals surface area (Å²) in [5.74, 6) is -3.28. The molecule has 0 spiro atoms. The maximum atomic E-state index is 13.1. The van der Waals surface area contributed by atoms with Crippen LogP contribution < -0.4 is 0 Å². The number of aliphatic carboxylic acids is 1. The molecule has 1 rings (SSSR count). The van der Waals surface area contributed by atoms with E-state index in [4.69, 9.17) is 23.7 Å². The summed E-state index contributed by atoms with van der Waals surface area (Å²) in [6, 6.07) is 0. The summed E-state index contributed by atoms with van der Waals surface area (Å²) in [6.07, 6.45) is 59.0. The molecule has 1 saturated heterocycles. The van der Waals surface area contributed by atoms with E-state index in [-0.39, 0.29) is 25.9 Å². The van der Waals surface area contributed by atoms with E-state index < -0.39 is 67.3 Å². The van der Waals surface area contributed by atoms with Crippen LogP contribution in [-0.4, -0.2) is 89.2 Å². The van der Waals surface area contributed by atoms with Gasteiger partial charge in [0, 0.05) is 19.3 Å². The van der Waals surface area contributed by atoms with E-state index in [1.807, 2.05) is 12.2 Å². The Labute approximate surface area is 465 Å². The standard InChI is InChI=1S/C65H102O12/c1-4-7-10-13-16-19-22-24-26-28-29-31-32-34-37-39-42-45-48-51-57(66)73-54-56(75-58(67)52-49-46-43-40-36-21-18-15-12-9-6-3)55-74-65-63(61(70)60(69)62(77-65)64(71)72)76-59(68)53-50-47-44-41-38-35-33-30-27-25-23-20-17-14-11-8-5-2/h7-8,10-11,16-17,19-20,24-27,29,31,33-35,37,42,45,56,60-63,65,69-70H,4-6,9,12-15,18,21-23,28,30,32,36,38-41,43-44,46-55H2,1-3H3,(H,71,72)/b10-7-,11-8-,19-16-,20-17-,26-24-,27-25-,31-29-,35-33-,37-34-,45-42-. The van der Waals surface area contributed by atoms with E-state index in [1.165, 1.54) is 44.9 Å². The molecule has 0 saturated carbocycles. The van der Waals surface area contributed by atoms with Crippen molar-refractivity contribution < 1.29 is 58.2 Å². The van der Waals surface area contributed by atoms with Crippen molar-refractivity contribution in [1.82, 2.24) is 0 Å². The molecule has 12 nitrogen and oxygen atoms in total. The molecule has 6 atom stereocenters. The second kappa shape index (κ2) is 51.9. The number of rotatable bonds is 48. The van der Waals surface area contributed by atoms with Gasteiger partial charge in [-0.1, -0.05) is 219 Å². The number of unbranched alkanes of at least 4 members (excludes halogenated alkanes) is 14. The molecule has 1 fully saturated rings. The van der Waals surface area contributed by atoms with Crippen LogP contribution in [0.3, 0.4) is 0 Å². The molecule has 12 heteroatoms. The number of carboxylic acid groups (broad SMARTS) is 1. The van der Waals surface area contributed by atoms with E-state index in [2.05, 4.69) is 130 Å². The lowest BCUT2D eigenvalue weighted by Gasteiger charge is -2.40. The lowest BCUT2D eigenvalue weighted by atomic mass is 9.98. The summed E-state index contributed by atoms with van der Waals surface area (Å²) in [6.45, 7) is 5.67. The summed E-state index contributed by atoms with van der Waals surface area (Å²) < 4.78 is 28.3. The number of hydrogen-bond donors (Lipinski definition) is 3. The van der Waals surface area contributed by atoms with Gasteiger partial charge >= 0.3 is 23.9 Å². The first-order valence-electron chi connectivity index (χ1n) is 29.5. The van der Waals surface area contributed by atoms with E-state index in [9.17, 15) is 34.5 Å². The van der Waals surface area contributed by atoms with Gasteiger partial charge in [0.05, 0.1) is 6.61 Å². The molecule has 0 aliphatic carbocycles. The maximum absolute atomic E-state index is 13.1. The van der Waals surface area contributed by atoms with Gasteiger partial charge in [0.25, 0.3) is 0 Å².